The van der Waals surface area contributed by atoms with Crippen molar-refractivity contribution in [2.45, 2.75) is 26.2 Å². The Morgan fingerprint density at radius 2 is 1.84 bits per heavy atom. The summed E-state index contributed by atoms with van der Waals surface area (Å²) in [5.74, 6) is -0.296. The molecule has 3 rings (SSSR count). The molecule has 0 saturated carbocycles. The Bertz CT molecular complexity index is 929. The first-order chi connectivity index (χ1) is 11.8. The molecule has 2 heterocycles. The van der Waals surface area contributed by atoms with E-state index < -0.39 is 5.91 Å². The molecule has 0 spiro atoms. The maximum Gasteiger partial charge on any atom is 0.278 e. The van der Waals surface area contributed by atoms with Crippen LogP contribution in [0.15, 0.2) is 51.8 Å². The largest absolute Gasteiger partial charge is 0.338 e. The predicted octanol–water partition coefficient (Wildman–Crippen LogP) is 2.97. The number of carbonyl (C=O) groups is 1. The lowest BCUT2D eigenvalue weighted by Crippen LogP contribution is -2.17. The third kappa shape index (κ3) is 3.82. The van der Waals surface area contributed by atoms with E-state index in [0.717, 1.165) is 5.56 Å². The molecule has 0 fully saturated rings. The summed E-state index contributed by atoms with van der Waals surface area (Å²) < 4.78 is 5.15. The van der Waals surface area contributed by atoms with Crippen LogP contribution in [0.2, 0.25) is 0 Å². The van der Waals surface area contributed by atoms with Crippen molar-refractivity contribution in [1.29, 1.82) is 0 Å². The third-order valence-electron chi connectivity index (χ3n) is 3.71. The summed E-state index contributed by atoms with van der Waals surface area (Å²) in [6, 6.07) is 12.2. The fourth-order valence-corrected chi connectivity index (χ4v) is 2.26. The highest BCUT2D eigenvalue weighted by molar-refractivity contribution is 6.02. The molecule has 0 radical (unpaired) electrons. The lowest BCUT2D eigenvalue weighted by Gasteiger charge is -2.18. The quantitative estimate of drug-likeness (QED) is 0.764. The van der Waals surface area contributed by atoms with E-state index in [1.807, 2.05) is 24.3 Å². The minimum atomic E-state index is -0.498. The van der Waals surface area contributed by atoms with Crippen LogP contribution in [0.3, 0.4) is 0 Å². The van der Waals surface area contributed by atoms with Crippen LogP contribution in [0, 0.1) is 0 Å². The zero-order valence-electron chi connectivity index (χ0n) is 14.2. The van der Waals surface area contributed by atoms with Gasteiger partial charge in [0.2, 0.25) is 5.88 Å². The Kier molecular flexibility index (Phi) is 4.22. The monoisotopic (exact) mass is 338 g/mol. The molecule has 0 aliphatic heterocycles. The van der Waals surface area contributed by atoms with Crippen LogP contribution in [-0.4, -0.2) is 21.3 Å². The van der Waals surface area contributed by atoms with Gasteiger partial charge in [0.05, 0.1) is 0 Å². The Morgan fingerprint density at radius 3 is 2.44 bits per heavy atom. The van der Waals surface area contributed by atoms with Gasteiger partial charge in [0.15, 0.2) is 0 Å². The molecule has 0 aliphatic rings. The van der Waals surface area contributed by atoms with Crippen molar-refractivity contribution in [3.8, 4) is 11.3 Å². The van der Waals surface area contributed by atoms with Gasteiger partial charge in [0, 0.05) is 17.7 Å². The normalized spacial score (nSPS) is 11.3. The first-order valence-electron chi connectivity index (χ1n) is 7.78. The summed E-state index contributed by atoms with van der Waals surface area (Å²) in [5.41, 5.74) is 2.50. The highest BCUT2D eigenvalue weighted by Gasteiger charge is 2.15. The summed E-state index contributed by atoms with van der Waals surface area (Å²) in [4.78, 5) is 23.0. The van der Waals surface area contributed by atoms with E-state index in [9.17, 15) is 9.59 Å². The number of rotatable bonds is 3. The van der Waals surface area contributed by atoms with Crippen LogP contribution in [-0.2, 0) is 5.41 Å². The van der Waals surface area contributed by atoms with E-state index >= 15 is 0 Å². The molecule has 25 heavy (non-hydrogen) atoms. The molecule has 1 amide bonds. The zero-order valence-corrected chi connectivity index (χ0v) is 14.2. The minimum Gasteiger partial charge on any atom is -0.338 e. The number of aromatic nitrogens is 3. The highest BCUT2D eigenvalue weighted by atomic mass is 16.5. The van der Waals surface area contributed by atoms with Crippen molar-refractivity contribution in [3.63, 3.8) is 0 Å². The predicted molar refractivity (Wildman–Crippen MR) is 93.4 cm³/mol. The van der Waals surface area contributed by atoms with Crippen molar-refractivity contribution in [1.82, 2.24) is 15.4 Å². The van der Waals surface area contributed by atoms with Crippen LogP contribution < -0.4 is 10.9 Å². The average Bonchev–Trinajstić information content (AvgIpc) is 3.03. The van der Waals surface area contributed by atoms with E-state index in [2.05, 4.69) is 41.4 Å². The molecule has 0 saturated heterocycles. The van der Waals surface area contributed by atoms with Crippen molar-refractivity contribution in [2.24, 2.45) is 0 Å². The molecular formula is C18H18N4O3. The lowest BCUT2D eigenvalue weighted by molar-refractivity contribution is 0.101. The van der Waals surface area contributed by atoms with Crippen molar-refractivity contribution >= 4 is 11.8 Å². The van der Waals surface area contributed by atoms with Gasteiger partial charge in [-0.15, -0.1) is 0 Å². The molecular weight excluding hydrogens is 320 g/mol. The topological polar surface area (TPSA) is 101 Å². The second-order valence-corrected chi connectivity index (χ2v) is 6.66. The number of amides is 1. The second-order valence-electron chi connectivity index (χ2n) is 6.66. The number of nitrogens with zero attached hydrogens (tertiary/aromatic N) is 2. The van der Waals surface area contributed by atoms with Gasteiger partial charge >= 0.3 is 0 Å². The summed E-state index contributed by atoms with van der Waals surface area (Å²) in [6.07, 6.45) is 0. The van der Waals surface area contributed by atoms with Gasteiger partial charge in [-0.25, -0.2) is 5.10 Å². The first-order valence-corrected chi connectivity index (χ1v) is 7.78. The summed E-state index contributed by atoms with van der Waals surface area (Å²) in [6.45, 7) is 6.45. The van der Waals surface area contributed by atoms with E-state index in [0.29, 0.717) is 5.69 Å². The highest BCUT2D eigenvalue weighted by Crippen LogP contribution is 2.26. The Morgan fingerprint density at radius 1 is 1.12 bits per heavy atom. The molecule has 0 atom stereocenters. The fourth-order valence-electron chi connectivity index (χ4n) is 2.26. The van der Waals surface area contributed by atoms with Crippen LogP contribution in [0.1, 0.15) is 36.8 Å². The Labute approximate surface area is 144 Å². The standard InChI is InChI=1S/C18H18N4O3/c1-18(2,3)12-6-4-11(5-7-12)14-10-16(25-22-14)19-17(24)13-8-9-15(23)21-20-13/h4-10H,1-3H3,(H,19,24)(H,21,23). The molecule has 7 nitrogen and oxygen atoms in total. The van der Waals surface area contributed by atoms with E-state index in [-0.39, 0.29) is 22.6 Å². The van der Waals surface area contributed by atoms with Crippen LogP contribution >= 0.6 is 0 Å². The van der Waals surface area contributed by atoms with Gasteiger partial charge in [-0.3, -0.25) is 14.9 Å². The Balaban J connectivity index is 1.75. The molecule has 2 N–H and O–H groups in total. The van der Waals surface area contributed by atoms with Crippen molar-refractivity contribution < 1.29 is 9.32 Å². The number of hydrogen-bond donors (Lipinski definition) is 2. The van der Waals surface area contributed by atoms with Crippen LogP contribution in [0.4, 0.5) is 5.88 Å². The molecule has 0 unspecified atom stereocenters. The van der Waals surface area contributed by atoms with Gasteiger partial charge in [-0.1, -0.05) is 50.2 Å². The summed E-state index contributed by atoms with van der Waals surface area (Å²) in [7, 11) is 0. The maximum absolute atomic E-state index is 12.0. The number of anilines is 1. The fraction of sp³-hybridized carbons (Fsp3) is 0.222. The number of hydrogen-bond acceptors (Lipinski definition) is 5. The minimum absolute atomic E-state index is 0.0745. The van der Waals surface area contributed by atoms with Gasteiger partial charge in [-0.2, -0.15) is 5.10 Å². The molecule has 3 aromatic rings. The third-order valence-corrected chi connectivity index (χ3v) is 3.71. The first kappa shape index (κ1) is 16.6. The second kappa shape index (κ2) is 6.35. The van der Waals surface area contributed by atoms with E-state index in [1.54, 1.807) is 6.07 Å². The molecule has 0 aliphatic carbocycles. The molecule has 128 valence electrons. The molecule has 2 aromatic heterocycles. The van der Waals surface area contributed by atoms with Gasteiger partial charge < -0.3 is 4.52 Å². The Hall–Kier alpha value is -3.22. The van der Waals surface area contributed by atoms with Gasteiger partial charge in [-0.05, 0) is 17.0 Å². The van der Waals surface area contributed by atoms with Gasteiger partial charge in [0.1, 0.15) is 11.4 Å². The van der Waals surface area contributed by atoms with Crippen molar-refractivity contribution in [2.75, 3.05) is 5.32 Å². The summed E-state index contributed by atoms with van der Waals surface area (Å²) >= 11 is 0. The van der Waals surface area contributed by atoms with Crippen LogP contribution in [0.25, 0.3) is 11.3 Å². The molecule has 7 heteroatoms. The van der Waals surface area contributed by atoms with Crippen LogP contribution in [0.5, 0.6) is 0 Å². The van der Waals surface area contributed by atoms with Crippen molar-refractivity contribution in [3.05, 3.63) is 64.1 Å². The van der Waals surface area contributed by atoms with E-state index in [1.165, 1.54) is 17.7 Å². The van der Waals surface area contributed by atoms with E-state index in [4.69, 9.17) is 4.52 Å². The van der Waals surface area contributed by atoms with Gasteiger partial charge in [0.25, 0.3) is 11.5 Å². The smallest absolute Gasteiger partial charge is 0.278 e. The molecule has 1 aromatic carbocycles. The lowest BCUT2D eigenvalue weighted by atomic mass is 9.86. The maximum atomic E-state index is 12.0. The number of carbonyl (C=O) groups excluding carboxylic acids is 1. The number of aromatic amines is 1. The molecule has 0 bridgehead atoms. The number of benzene rings is 1. The number of nitrogens with one attached hydrogen (secondary N) is 2. The SMILES string of the molecule is CC(C)(C)c1ccc(-c2cc(NC(=O)c3ccc(=O)[nH]n3)on2)cc1. The number of H-pyrrole nitrogens is 1. The zero-order chi connectivity index (χ0) is 18.0. The summed E-state index contributed by atoms with van der Waals surface area (Å²) in [5, 5.41) is 12.4. The average molecular weight is 338 g/mol.